The average molecular weight is 268 g/mol. The highest BCUT2D eigenvalue weighted by atomic mass is 32.2. The zero-order chi connectivity index (χ0) is 13.2. The largest absolute Gasteiger partial charge is 0.497 e. The van der Waals surface area contributed by atoms with Crippen LogP contribution < -0.4 is 4.74 Å². The summed E-state index contributed by atoms with van der Waals surface area (Å²) in [6, 6.07) is 7.27. The van der Waals surface area contributed by atoms with Gasteiger partial charge in [0.2, 0.25) is 0 Å². The Balaban J connectivity index is 1.99. The Morgan fingerprint density at radius 1 is 1.33 bits per heavy atom. The molecule has 1 unspecified atom stereocenters. The topological polar surface area (TPSA) is 60.4 Å². The molecule has 0 aromatic heterocycles. The number of Topliss-reactive ketones (excluding diaryl/α,β-unsaturated/α-hetero) is 1. The van der Waals surface area contributed by atoms with Gasteiger partial charge in [0.25, 0.3) is 0 Å². The van der Waals surface area contributed by atoms with Gasteiger partial charge in [-0.2, -0.15) is 0 Å². The lowest BCUT2D eigenvalue weighted by Crippen LogP contribution is -2.18. The summed E-state index contributed by atoms with van der Waals surface area (Å²) in [6.45, 7) is 0. The van der Waals surface area contributed by atoms with Gasteiger partial charge in [0.15, 0.2) is 9.84 Å². The van der Waals surface area contributed by atoms with E-state index in [4.69, 9.17) is 4.74 Å². The number of carbonyl (C=O) groups is 1. The van der Waals surface area contributed by atoms with Gasteiger partial charge in [-0.1, -0.05) is 12.1 Å². The van der Waals surface area contributed by atoms with Crippen LogP contribution in [-0.4, -0.2) is 32.8 Å². The molecule has 1 saturated heterocycles. The number of hydrogen-bond donors (Lipinski definition) is 0. The molecular weight excluding hydrogens is 252 g/mol. The Labute approximate surface area is 107 Å². The van der Waals surface area contributed by atoms with Crippen molar-refractivity contribution in [3.8, 4) is 5.75 Å². The maximum Gasteiger partial charge on any atom is 0.151 e. The maximum absolute atomic E-state index is 12.0. The van der Waals surface area contributed by atoms with Crippen molar-refractivity contribution in [2.45, 2.75) is 12.8 Å². The molecule has 0 amide bonds. The van der Waals surface area contributed by atoms with E-state index in [9.17, 15) is 13.2 Å². The normalized spacial score (nSPS) is 21.7. The number of sulfone groups is 1. The highest BCUT2D eigenvalue weighted by Crippen LogP contribution is 2.21. The number of ketones is 1. The van der Waals surface area contributed by atoms with Gasteiger partial charge in [-0.05, 0) is 24.1 Å². The van der Waals surface area contributed by atoms with Gasteiger partial charge in [0.05, 0.1) is 18.6 Å². The molecule has 0 radical (unpaired) electrons. The number of methoxy groups -OCH3 is 1. The average Bonchev–Trinajstić information content (AvgIpc) is 2.71. The van der Waals surface area contributed by atoms with Gasteiger partial charge in [-0.25, -0.2) is 8.42 Å². The van der Waals surface area contributed by atoms with Gasteiger partial charge in [0, 0.05) is 12.3 Å². The molecule has 0 saturated carbocycles. The highest BCUT2D eigenvalue weighted by molar-refractivity contribution is 7.91. The molecule has 0 aliphatic carbocycles. The fourth-order valence-electron chi connectivity index (χ4n) is 2.14. The second kappa shape index (κ2) is 5.10. The van der Waals surface area contributed by atoms with E-state index >= 15 is 0 Å². The Kier molecular flexibility index (Phi) is 3.71. The third kappa shape index (κ3) is 3.10. The summed E-state index contributed by atoms with van der Waals surface area (Å²) in [6.07, 6.45) is 0.765. The SMILES string of the molecule is COc1ccc(CC(=O)C2CCS(=O)(=O)C2)cc1. The van der Waals surface area contributed by atoms with Crippen molar-refractivity contribution in [1.82, 2.24) is 0 Å². The van der Waals surface area contributed by atoms with Gasteiger partial charge < -0.3 is 4.74 Å². The molecule has 1 aliphatic rings. The second-order valence-corrected chi connectivity index (χ2v) is 6.82. The summed E-state index contributed by atoms with van der Waals surface area (Å²) in [5, 5.41) is 0. The Morgan fingerprint density at radius 2 is 2.00 bits per heavy atom. The fraction of sp³-hybridized carbons (Fsp3) is 0.462. The van der Waals surface area contributed by atoms with Crippen LogP contribution in [0.3, 0.4) is 0 Å². The molecule has 1 atom stereocenters. The smallest absolute Gasteiger partial charge is 0.151 e. The summed E-state index contributed by atoms with van der Waals surface area (Å²) >= 11 is 0. The first-order chi connectivity index (χ1) is 8.50. The first kappa shape index (κ1) is 13.1. The summed E-state index contributed by atoms with van der Waals surface area (Å²) in [7, 11) is -1.40. The van der Waals surface area contributed by atoms with E-state index in [2.05, 4.69) is 0 Å². The summed E-state index contributed by atoms with van der Waals surface area (Å²) in [5.41, 5.74) is 0.894. The van der Waals surface area contributed by atoms with Gasteiger partial charge in [-0.15, -0.1) is 0 Å². The van der Waals surface area contributed by atoms with Crippen LogP contribution in [-0.2, 0) is 21.1 Å². The third-order valence-electron chi connectivity index (χ3n) is 3.23. The summed E-state index contributed by atoms with van der Waals surface area (Å²) in [4.78, 5) is 12.0. The zero-order valence-corrected chi connectivity index (χ0v) is 11.1. The molecule has 4 nitrogen and oxygen atoms in total. The maximum atomic E-state index is 12.0. The molecule has 5 heteroatoms. The second-order valence-electron chi connectivity index (χ2n) is 4.59. The molecule has 1 fully saturated rings. The number of hydrogen-bond acceptors (Lipinski definition) is 4. The molecule has 1 aromatic rings. The van der Waals surface area contributed by atoms with Crippen LogP contribution in [0.15, 0.2) is 24.3 Å². The molecule has 0 spiro atoms. The minimum atomic E-state index is -2.98. The quantitative estimate of drug-likeness (QED) is 0.824. The summed E-state index contributed by atoms with van der Waals surface area (Å²) < 4.78 is 27.7. The molecule has 2 rings (SSSR count). The van der Waals surface area contributed by atoms with Gasteiger partial charge in [0.1, 0.15) is 11.5 Å². The van der Waals surface area contributed by atoms with E-state index in [1.807, 2.05) is 12.1 Å². The Morgan fingerprint density at radius 3 is 2.50 bits per heavy atom. The van der Waals surface area contributed by atoms with Crippen LogP contribution >= 0.6 is 0 Å². The third-order valence-corrected chi connectivity index (χ3v) is 4.99. The van der Waals surface area contributed by atoms with E-state index in [1.54, 1.807) is 19.2 Å². The fourth-order valence-corrected chi connectivity index (χ4v) is 3.91. The number of carbonyl (C=O) groups excluding carboxylic acids is 1. The van der Waals surface area contributed by atoms with Crippen LogP contribution in [0.4, 0.5) is 0 Å². The van der Waals surface area contributed by atoms with E-state index in [1.165, 1.54) is 0 Å². The van der Waals surface area contributed by atoms with Crippen LogP contribution in [0, 0.1) is 5.92 Å². The van der Waals surface area contributed by atoms with Crippen molar-refractivity contribution in [3.63, 3.8) is 0 Å². The molecular formula is C13H16O4S. The minimum absolute atomic E-state index is 0.0150. The van der Waals surface area contributed by atoms with Crippen LogP contribution in [0.2, 0.25) is 0 Å². The predicted octanol–water partition coefficient (Wildman–Crippen LogP) is 1.24. The molecule has 98 valence electrons. The predicted molar refractivity (Wildman–Crippen MR) is 68.5 cm³/mol. The van der Waals surface area contributed by atoms with Crippen molar-refractivity contribution in [3.05, 3.63) is 29.8 Å². The standard InChI is InChI=1S/C13H16O4S/c1-17-12-4-2-10(3-5-12)8-13(14)11-6-7-18(15,16)9-11/h2-5,11H,6-9H2,1H3. The van der Waals surface area contributed by atoms with Gasteiger partial charge >= 0.3 is 0 Å². The molecule has 1 aliphatic heterocycles. The molecule has 0 N–H and O–H groups in total. The summed E-state index contributed by atoms with van der Waals surface area (Å²) in [5.74, 6) is 0.599. The van der Waals surface area contributed by atoms with Crippen molar-refractivity contribution < 1.29 is 17.9 Å². The molecule has 1 heterocycles. The number of ether oxygens (including phenoxy) is 1. The van der Waals surface area contributed by atoms with Crippen molar-refractivity contribution >= 4 is 15.6 Å². The van der Waals surface area contributed by atoms with Crippen LogP contribution in [0.1, 0.15) is 12.0 Å². The first-order valence-corrected chi connectivity index (χ1v) is 7.68. The first-order valence-electron chi connectivity index (χ1n) is 5.86. The zero-order valence-electron chi connectivity index (χ0n) is 10.3. The van der Waals surface area contributed by atoms with Crippen molar-refractivity contribution in [1.29, 1.82) is 0 Å². The highest BCUT2D eigenvalue weighted by Gasteiger charge is 2.32. The monoisotopic (exact) mass is 268 g/mol. The Bertz CT molecular complexity index is 531. The van der Waals surface area contributed by atoms with E-state index < -0.39 is 9.84 Å². The number of rotatable bonds is 4. The van der Waals surface area contributed by atoms with Crippen molar-refractivity contribution in [2.24, 2.45) is 5.92 Å². The van der Waals surface area contributed by atoms with Gasteiger partial charge in [-0.3, -0.25) is 4.79 Å². The van der Waals surface area contributed by atoms with Crippen LogP contribution in [0.25, 0.3) is 0 Å². The molecule has 0 bridgehead atoms. The van der Waals surface area contributed by atoms with E-state index in [0.29, 0.717) is 12.8 Å². The molecule has 1 aromatic carbocycles. The van der Waals surface area contributed by atoms with Crippen molar-refractivity contribution in [2.75, 3.05) is 18.6 Å². The van der Waals surface area contributed by atoms with E-state index in [0.717, 1.165) is 11.3 Å². The molecule has 18 heavy (non-hydrogen) atoms. The lowest BCUT2D eigenvalue weighted by Gasteiger charge is -2.07. The minimum Gasteiger partial charge on any atom is -0.497 e. The lowest BCUT2D eigenvalue weighted by atomic mass is 9.97. The Hall–Kier alpha value is -1.36. The lowest BCUT2D eigenvalue weighted by molar-refractivity contribution is -0.121. The number of benzene rings is 1. The van der Waals surface area contributed by atoms with Crippen LogP contribution in [0.5, 0.6) is 5.75 Å². The van der Waals surface area contributed by atoms with E-state index in [-0.39, 0.29) is 23.2 Å².